The maximum atomic E-state index is 13.4. The fraction of sp³-hybridized carbons (Fsp3) is 0.102. The first-order valence-corrected chi connectivity index (χ1v) is 39.1. The largest absolute Gasteiger partial charge is 0.662 e. The number of hydrogen-bond acceptors (Lipinski definition) is 16. The van der Waals surface area contributed by atoms with E-state index < -0.39 is 70.7 Å². The Labute approximate surface area is 853 Å². The number of rotatable bonds is 11. The van der Waals surface area contributed by atoms with Crippen LogP contribution < -0.4 is 25.0 Å². The zero-order valence-electron chi connectivity index (χ0n) is 72.7. The van der Waals surface area contributed by atoms with Gasteiger partial charge in [0.2, 0.25) is 0 Å². The molecule has 0 aliphatic heterocycles. The number of alkyl halides is 9. The first kappa shape index (κ1) is 118. The SMILES string of the molecule is CC(=O)C=C(C)O.COc1ccnc(-c2[c-]cc(F)cc2F)c1.Cc1cc(-c2ccccn2)[n-]n1.Cc1ccnc(-c2[c-]cc(F)cc2F)c1.Cc1ccnc(-c2[c-]cc(F)cc2F)c1.FC(F)(F)c1cc(-c2ccccn2)[n-]n1.FC(F)(F)c1cc(-c2ccccn2)[n-]n1.O=C([N-]Cc1ccccn1)C(F)(F)F.[Ir].[Ir].[Ir].[Ir].[Ir].[c-]1ccccc1-c1ccccn1.c1cnc2c(c1)ccc1cc[n-]c12. The Morgan fingerprint density at radius 2 is 0.827 bits per heavy atom. The number of allylic oxidation sites excluding steroid dienone is 2. The van der Waals surface area contributed by atoms with E-state index in [0.29, 0.717) is 39.9 Å². The van der Waals surface area contributed by atoms with Crippen LogP contribution in [0.2, 0.25) is 0 Å². The zero-order chi connectivity index (χ0) is 96.7. The number of benzene rings is 5. The van der Waals surface area contributed by atoms with Gasteiger partial charge in [-0.25, -0.2) is 0 Å². The molecular formula is C98H71F15Ir5N17O4-9. The average Bonchev–Trinajstić information content (AvgIpc) is 1.68. The Bertz CT molecular complexity index is 6550. The van der Waals surface area contributed by atoms with E-state index >= 15 is 0 Å². The van der Waals surface area contributed by atoms with Crippen molar-refractivity contribution in [3.05, 3.63) is 409 Å². The Balaban J connectivity index is 0.000000323. The molecule has 5 aromatic carbocycles. The summed E-state index contributed by atoms with van der Waals surface area (Å²) in [5.41, 5.74) is 9.72. The fourth-order valence-electron chi connectivity index (χ4n) is 10.8. The first-order valence-electron chi connectivity index (χ1n) is 39.1. The molecule has 5 radical (unpaired) electrons. The monoisotopic (exact) mass is 2800 g/mol. The van der Waals surface area contributed by atoms with Gasteiger partial charge in [-0.15, -0.1) is 77.8 Å². The number of fused-ring (bicyclic) bond motifs is 3. The quantitative estimate of drug-likeness (QED) is 0.0545. The van der Waals surface area contributed by atoms with Gasteiger partial charge in [0.05, 0.1) is 18.4 Å². The maximum absolute atomic E-state index is 13.4. The molecule has 0 aliphatic rings. The molecule has 731 valence electrons. The van der Waals surface area contributed by atoms with Crippen molar-refractivity contribution in [3.63, 3.8) is 0 Å². The first-order chi connectivity index (χ1) is 64.1. The third-order valence-corrected chi connectivity index (χ3v) is 16.9. The molecule has 1 amide bonds. The fourth-order valence-corrected chi connectivity index (χ4v) is 10.8. The number of hydrogen-bond donors (Lipinski definition) is 1. The minimum absolute atomic E-state index is 0. The van der Waals surface area contributed by atoms with Crippen LogP contribution in [-0.4, -0.2) is 90.2 Å². The molecule has 13 heterocycles. The van der Waals surface area contributed by atoms with Crippen LogP contribution >= 0.6 is 0 Å². The van der Waals surface area contributed by atoms with Crippen LogP contribution in [0.15, 0.2) is 310 Å². The number of halogens is 15. The Morgan fingerprint density at radius 3 is 1.19 bits per heavy atom. The Kier molecular flexibility index (Phi) is 50.0. The van der Waals surface area contributed by atoms with Crippen LogP contribution in [0.3, 0.4) is 0 Å². The van der Waals surface area contributed by atoms with Crippen molar-refractivity contribution in [2.45, 2.75) is 59.7 Å². The van der Waals surface area contributed by atoms with Crippen molar-refractivity contribution in [1.29, 1.82) is 0 Å². The van der Waals surface area contributed by atoms with Crippen molar-refractivity contribution in [3.8, 4) is 84.9 Å². The number of nitrogens with zero attached hydrogens (tertiary/aromatic N) is 17. The number of aromatic nitrogens is 16. The number of pyridine rings is 9. The molecule has 13 aromatic heterocycles. The van der Waals surface area contributed by atoms with Gasteiger partial charge in [-0.1, -0.05) is 149 Å². The molecule has 18 rings (SSSR count). The van der Waals surface area contributed by atoms with Gasteiger partial charge in [0.15, 0.2) is 11.7 Å². The van der Waals surface area contributed by atoms with E-state index in [1.807, 2.05) is 118 Å². The molecule has 21 nitrogen and oxygen atoms in total. The number of amides is 1. The summed E-state index contributed by atoms with van der Waals surface area (Å²) in [6.45, 7) is 8.18. The van der Waals surface area contributed by atoms with Gasteiger partial charge in [-0.2, -0.15) is 45.7 Å². The molecule has 0 saturated carbocycles. The minimum Gasteiger partial charge on any atom is -0.662 e. The number of ketones is 1. The molecule has 1 N–H and O–H groups in total. The second-order valence-corrected chi connectivity index (χ2v) is 27.2. The van der Waals surface area contributed by atoms with Gasteiger partial charge in [-0.05, 0) is 165 Å². The van der Waals surface area contributed by atoms with Crippen molar-refractivity contribution >= 4 is 33.5 Å². The van der Waals surface area contributed by atoms with Crippen molar-refractivity contribution in [2.75, 3.05) is 7.11 Å². The molecule has 0 atom stereocenters. The van der Waals surface area contributed by atoms with Gasteiger partial charge in [0, 0.05) is 226 Å². The van der Waals surface area contributed by atoms with Crippen LogP contribution in [-0.2, 0) is 129 Å². The molecule has 18 aromatic rings. The summed E-state index contributed by atoms with van der Waals surface area (Å²) in [6, 6.07) is 74.5. The summed E-state index contributed by atoms with van der Waals surface area (Å²) >= 11 is 0. The summed E-state index contributed by atoms with van der Waals surface area (Å²) in [5, 5.41) is 34.3. The molecule has 0 fully saturated rings. The number of ether oxygens (including phenoxy) is 1. The van der Waals surface area contributed by atoms with Crippen LogP contribution in [0.25, 0.3) is 106 Å². The van der Waals surface area contributed by atoms with E-state index in [2.05, 4.69) is 128 Å². The number of methoxy groups -OCH3 is 1. The number of aryl methyl sites for hydroxylation is 3. The Morgan fingerprint density at radius 1 is 0.417 bits per heavy atom. The number of aliphatic hydroxyl groups excluding tert-OH is 1. The normalized spacial score (nSPS) is 10.4. The third-order valence-electron chi connectivity index (χ3n) is 16.9. The van der Waals surface area contributed by atoms with Gasteiger partial charge in [-0.3, -0.25) is 56.1 Å². The van der Waals surface area contributed by atoms with E-state index in [1.54, 1.807) is 104 Å². The third kappa shape index (κ3) is 39.5. The van der Waals surface area contributed by atoms with Crippen molar-refractivity contribution < 1.29 is 186 Å². The van der Waals surface area contributed by atoms with E-state index in [0.717, 1.165) is 110 Å². The minimum atomic E-state index is -4.89. The van der Waals surface area contributed by atoms with Crippen molar-refractivity contribution in [2.24, 2.45) is 0 Å². The van der Waals surface area contributed by atoms with Gasteiger partial charge < -0.3 is 75.5 Å². The molecule has 41 heteroatoms. The van der Waals surface area contributed by atoms with Crippen molar-refractivity contribution in [1.82, 2.24) is 80.4 Å². The molecule has 0 spiro atoms. The molecule has 0 bridgehead atoms. The topological polar surface area (TPSA) is 289 Å². The van der Waals surface area contributed by atoms with Crippen LogP contribution in [0.4, 0.5) is 65.9 Å². The van der Waals surface area contributed by atoms with E-state index in [-0.39, 0.29) is 147 Å². The van der Waals surface area contributed by atoms with Gasteiger partial charge in [0.1, 0.15) is 17.1 Å². The maximum Gasteiger partial charge on any atom is 0.432 e. The average molecular weight is 2800 g/mol. The summed E-state index contributed by atoms with van der Waals surface area (Å²) < 4.78 is 191. The summed E-state index contributed by atoms with van der Waals surface area (Å²) in [6.07, 6.45) is 3.56. The molecule has 0 saturated heterocycles. The second kappa shape index (κ2) is 59.0. The number of carbonyl (C=O) groups excluding carboxylic acids is 2. The summed E-state index contributed by atoms with van der Waals surface area (Å²) in [5.74, 6) is -5.50. The molecule has 139 heavy (non-hydrogen) atoms. The predicted molar refractivity (Wildman–Crippen MR) is 469 cm³/mol. The zero-order valence-corrected chi connectivity index (χ0v) is 84.7. The molecule has 0 unspecified atom stereocenters. The van der Waals surface area contributed by atoms with E-state index in [9.17, 15) is 75.4 Å². The van der Waals surface area contributed by atoms with Gasteiger partial charge in [0.25, 0.3) is 0 Å². The van der Waals surface area contributed by atoms with E-state index in [4.69, 9.17) is 9.84 Å². The van der Waals surface area contributed by atoms with Crippen LogP contribution in [0.5, 0.6) is 5.75 Å². The smallest absolute Gasteiger partial charge is 0.432 e. The standard InChI is InChI=1S/C12H8F2NO.2C12H8F2N.C11H7N2.C11H8N.2C9H5F3N3.C9H8N3.C8H7F3N2O.C5H8O2.5Ir/c1-16-9-4-5-15-12(7-9)10-3-2-8(13)6-11(10)14;2*1-8-4-5-15-12(6-8)10-3-2-9(13)7-11(10)14;1-2-8-3-4-9-5-7-13-11(9)10(8)12-6-1;1-2-6-10(7-3-1)11-8-4-5-9-12-11;2*10-9(11,12)8-5-7(14-15-8)6-3-1-2-4-13-6;1-7-6-9(12-11-7)8-4-2-3-5-10-8;9-8(10,11)7(14)13-5-6-3-1-2-4-12-6;1-4(6)3-5(2)7;;;;;/h2,4-7H,1H3;2*2,4-7H,1H3;1-7H;1-6,8-9H;2*1-5H;2-6H,1H3;1-4H,5H2,(H,13,14);3,6H,1-2H3;;;;;/q8*-1;;;;;;;/p-1. The molecular weight excluding hydrogens is 2730 g/mol. The van der Waals surface area contributed by atoms with Gasteiger partial charge >= 0.3 is 18.5 Å². The number of aliphatic hydroxyl groups is 1. The van der Waals surface area contributed by atoms with Crippen LogP contribution in [0.1, 0.15) is 47.8 Å². The summed E-state index contributed by atoms with van der Waals surface area (Å²) in [7, 11) is 1.50. The number of carbonyl (C=O) groups is 2. The van der Waals surface area contributed by atoms with Crippen LogP contribution in [0, 0.1) is 79.9 Å². The summed E-state index contributed by atoms with van der Waals surface area (Å²) in [4.78, 5) is 60.8. The predicted octanol–water partition coefficient (Wildman–Crippen LogP) is 22.7. The Hall–Kier alpha value is -13.4. The second-order valence-electron chi connectivity index (χ2n) is 27.2. The molecule has 0 aliphatic carbocycles. The van der Waals surface area contributed by atoms with E-state index in [1.165, 1.54) is 57.9 Å².